The number of aliphatic hydroxyl groups excluding tert-OH is 1. The average Bonchev–Trinajstić information content (AvgIpc) is 2.43. The van der Waals surface area contributed by atoms with Gasteiger partial charge in [-0.15, -0.1) is 0 Å². The molecule has 3 N–H and O–H groups in total. The van der Waals surface area contributed by atoms with Crippen molar-refractivity contribution in [2.45, 2.75) is 25.5 Å². The molecule has 0 aromatic heterocycles. The van der Waals surface area contributed by atoms with Crippen molar-refractivity contribution < 1.29 is 19.0 Å². The number of hydrogen-bond donors (Lipinski definition) is 3. The highest BCUT2D eigenvalue weighted by Crippen LogP contribution is 2.12. The summed E-state index contributed by atoms with van der Waals surface area (Å²) in [5.41, 5.74) is 0.555. The molecule has 5 nitrogen and oxygen atoms in total. The van der Waals surface area contributed by atoms with Gasteiger partial charge in [0.1, 0.15) is 5.82 Å². The SMILES string of the molecule is COCCC(C)NC(=O)NCC(O)c1ccc(F)cc1. The van der Waals surface area contributed by atoms with Gasteiger partial charge in [0.05, 0.1) is 6.10 Å². The van der Waals surface area contributed by atoms with Crippen LogP contribution in [0.5, 0.6) is 0 Å². The maximum absolute atomic E-state index is 12.7. The lowest BCUT2D eigenvalue weighted by atomic mass is 10.1. The first-order chi connectivity index (χ1) is 9.52. The zero-order valence-electron chi connectivity index (χ0n) is 11.7. The van der Waals surface area contributed by atoms with Crippen LogP contribution in [0.1, 0.15) is 25.0 Å². The van der Waals surface area contributed by atoms with Crippen molar-refractivity contribution in [2.75, 3.05) is 20.3 Å². The highest BCUT2D eigenvalue weighted by Gasteiger charge is 2.11. The maximum atomic E-state index is 12.7. The summed E-state index contributed by atoms with van der Waals surface area (Å²) in [6, 6.07) is 5.14. The fraction of sp³-hybridized carbons (Fsp3) is 0.500. The van der Waals surface area contributed by atoms with Crippen LogP contribution in [0.15, 0.2) is 24.3 Å². The Bertz CT molecular complexity index is 411. The summed E-state index contributed by atoms with van der Waals surface area (Å²) in [5, 5.41) is 15.1. The van der Waals surface area contributed by atoms with Gasteiger partial charge in [0, 0.05) is 26.3 Å². The van der Waals surface area contributed by atoms with E-state index in [1.807, 2.05) is 6.92 Å². The van der Waals surface area contributed by atoms with Crippen LogP contribution in [-0.4, -0.2) is 37.4 Å². The number of carbonyl (C=O) groups excluding carboxylic acids is 1. The Kier molecular flexibility index (Phi) is 6.97. The number of benzene rings is 1. The third-order valence-electron chi connectivity index (χ3n) is 2.84. The Morgan fingerprint density at radius 1 is 1.40 bits per heavy atom. The minimum atomic E-state index is -0.865. The molecule has 2 atom stereocenters. The minimum Gasteiger partial charge on any atom is -0.387 e. The number of methoxy groups -OCH3 is 1. The molecule has 112 valence electrons. The fourth-order valence-corrected chi connectivity index (χ4v) is 1.63. The van der Waals surface area contributed by atoms with Gasteiger partial charge in [0.15, 0.2) is 0 Å². The molecule has 0 bridgehead atoms. The molecule has 1 rings (SSSR count). The van der Waals surface area contributed by atoms with Gasteiger partial charge in [-0.1, -0.05) is 12.1 Å². The van der Waals surface area contributed by atoms with Crippen molar-refractivity contribution >= 4 is 6.03 Å². The predicted molar refractivity (Wildman–Crippen MR) is 73.8 cm³/mol. The molecule has 0 saturated heterocycles. The normalized spacial score (nSPS) is 13.6. The number of hydrogen-bond acceptors (Lipinski definition) is 3. The Morgan fingerprint density at radius 2 is 2.05 bits per heavy atom. The number of aliphatic hydroxyl groups is 1. The van der Waals surface area contributed by atoms with Gasteiger partial charge in [-0.25, -0.2) is 9.18 Å². The van der Waals surface area contributed by atoms with E-state index in [-0.39, 0.29) is 24.4 Å². The molecule has 0 aliphatic heterocycles. The number of ether oxygens (including phenoxy) is 1. The number of nitrogens with one attached hydrogen (secondary N) is 2. The smallest absolute Gasteiger partial charge is 0.315 e. The second-order valence-corrected chi connectivity index (χ2v) is 4.60. The van der Waals surface area contributed by atoms with E-state index in [1.165, 1.54) is 24.3 Å². The fourth-order valence-electron chi connectivity index (χ4n) is 1.63. The average molecular weight is 284 g/mol. The molecular weight excluding hydrogens is 263 g/mol. The summed E-state index contributed by atoms with van der Waals surface area (Å²) < 4.78 is 17.7. The van der Waals surface area contributed by atoms with Crippen LogP contribution in [0.4, 0.5) is 9.18 Å². The first-order valence-corrected chi connectivity index (χ1v) is 6.49. The monoisotopic (exact) mass is 284 g/mol. The maximum Gasteiger partial charge on any atom is 0.315 e. The van der Waals surface area contributed by atoms with E-state index in [0.717, 1.165) is 0 Å². The quantitative estimate of drug-likeness (QED) is 0.712. The van der Waals surface area contributed by atoms with Crippen molar-refractivity contribution in [3.05, 3.63) is 35.6 Å². The molecular formula is C14H21FN2O3. The van der Waals surface area contributed by atoms with E-state index in [4.69, 9.17) is 4.74 Å². The highest BCUT2D eigenvalue weighted by atomic mass is 19.1. The molecule has 1 aromatic carbocycles. The van der Waals surface area contributed by atoms with Crippen molar-refractivity contribution in [3.63, 3.8) is 0 Å². The largest absolute Gasteiger partial charge is 0.387 e. The van der Waals surface area contributed by atoms with Gasteiger partial charge in [-0.3, -0.25) is 0 Å². The molecule has 2 amide bonds. The van der Waals surface area contributed by atoms with Gasteiger partial charge >= 0.3 is 6.03 Å². The topological polar surface area (TPSA) is 70.6 Å². The lowest BCUT2D eigenvalue weighted by Crippen LogP contribution is -2.42. The summed E-state index contributed by atoms with van der Waals surface area (Å²) in [4.78, 5) is 11.6. The second-order valence-electron chi connectivity index (χ2n) is 4.60. The Balaban J connectivity index is 2.31. The van der Waals surface area contributed by atoms with Gasteiger partial charge in [0.2, 0.25) is 0 Å². The molecule has 6 heteroatoms. The summed E-state index contributed by atoms with van der Waals surface area (Å²) in [6.07, 6.45) is -0.152. The van der Waals surface area contributed by atoms with E-state index in [2.05, 4.69) is 10.6 Å². The zero-order valence-corrected chi connectivity index (χ0v) is 11.7. The van der Waals surface area contributed by atoms with Crippen LogP contribution in [0, 0.1) is 5.82 Å². The molecule has 0 fully saturated rings. The van der Waals surface area contributed by atoms with Crippen LogP contribution in [-0.2, 0) is 4.74 Å². The number of halogens is 1. The minimum absolute atomic E-state index is 0.0158. The standard InChI is InChI=1S/C14H21FN2O3/c1-10(7-8-20-2)17-14(19)16-9-13(18)11-3-5-12(15)6-4-11/h3-6,10,13,18H,7-9H2,1-2H3,(H2,16,17,19). The molecule has 0 radical (unpaired) electrons. The molecule has 0 aliphatic carbocycles. The van der Waals surface area contributed by atoms with Crippen LogP contribution in [0.2, 0.25) is 0 Å². The number of amides is 2. The van der Waals surface area contributed by atoms with E-state index >= 15 is 0 Å². The van der Waals surface area contributed by atoms with Gasteiger partial charge in [0.25, 0.3) is 0 Å². The molecule has 0 spiro atoms. The molecule has 20 heavy (non-hydrogen) atoms. The van der Waals surface area contributed by atoms with E-state index < -0.39 is 6.10 Å². The van der Waals surface area contributed by atoms with Gasteiger partial charge < -0.3 is 20.5 Å². The lowest BCUT2D eigenvalue weighted by molar-refractivity contribution is 0.169. The Morgan fingerprint density at radius 3 is 2.65 bits per heavy atom. The van der Waals surface area contributed by atoms with Crippen molar-refractivity contribution in [3.8, 4) is 0 Å². The van der Waals surface area contributed by atoms with E-state index in [9.17, 15) is 14.3 Å². The van der Waals surface area contributed by atoms with E-state index in [0.29, 0.717) is 18.6 Å². The zero-order chi connectivity index (χ0) is 15.0. The van der Waals surface area contributed by atoms with Crippen LogP contribution in [0.3, 0.4) is 0 Å². The number of urea groups is 1. The van der Waals surface area contributed by atoms with E-state index in [1.54, 1.807) is 7.11 Å². The Hall–Kier alpha value is -1.66. The number of rotatable bonds is 7. The molecule has 2 unspecified atom stereocenters. The van der Waals surface area contributed by atoms with Gasteiger partial charge in [-0.05, 0) is 31.0 Å². The lowest BCUT2D eigenvalue weighted by Gasteiger charge is -2.16. The predicted octanol–water partition coefficient (Wildman–Crippen LogP) is 1.58. The Labute approximate surface area is 118 Å². The summed E-state index contributed by atoms with van der Waals surface area (Å²) in [6.45, 7) is 2.50. The van der Waals surface area contributed by atoms with Crippen LogP contribution >= 0.6 is 0 Å². The molecule has 0 aliphatic rings. The highest BCUT2D eigenvalue weighted by molar-refractivity contribution is 5.74. The van der Waals surface area contributed by atoms with Gasteiger partial charge in [-0.2, -0.15) is 0 Å². The third kappa shape index (κ3) is 5.99. The first kappa shape index (κ1) is 16.4. The van der Waals surface area contributed by atoms with Crippen LogP contribution in [0.25, 0.3) is 0 Å². The second kappa shape index (κ2) is 8.50. The molecule has 0 heterocycles. The van der Waals surface area contributed by atoms with Crippen molar-refractivity contribution in [1.82, 2.24) is 10.6 Å². The summed E-state index contributed by atoms with van der Waals surface area (Å²) >= 11 is 0. The third-order valence-corrected chi connectivity index (χ3v) is 2.84. The summed E-state index contributed by atoms with van der Waals surface area (Å²) in [7, 11) is 1.60. The van der Waals surface area contributed by atoms with Crippen LogP contribution < -0.4 is 10.6 Å². The molecule has 0 saturated carbocycles. The first-order valence-electron chi connectivity index (χ1n) is 6.49. The molecule has 1 aromatic rings. The van der Waals surface area contributed by atoms with Crippen molar-refractivity contribution in [2.24, 2.45) is 0 Å². The van der Waals surface area contributed by atoms with Crippen molar-refractivity contribution in [1.29, 1.82) is 0 Å². The summed E-state index contributed by atoms with van der Waals surface area (Å²) in [5.74, 6) is -0.362. The number of carbonyl (C=O) groups is 1.